The van der Waals surface area contributed by atoms with Gasteiger partial charge in [-0.15, -0.1) is 0 Å². The Morgan fingerprint density at radius 2 is 1.81 bits per heavy atom. The number of aromatic nitrogens is 2. The van der Waals surface area contributed by atoms with Gasteiger partial charge >= 0.3 is 5.97 Å². The van der Waals surface area contributed by atoms with Gasteiger partial charge in [-0.3, -0.25) is 0 Å². The molecule has 0 saturated heterocycles. The number of ether oxygens (including phenoxy) is 1. The van der Waals surface area contributed by atoms with Gasteiger partial charge in [0, 0.05) is 25.4 Å². The van der Waals surface area contributed by atoms with E-state index < -0.39 is 5.97 Å². The number of aromatic carboxylic acids is 1. The van der Waals surface area contributed by atoms with Crippen LogP contribution in [0, 0.1) is 0 Å². The summed E-state index contributed by atoms with van der Waals surface area (Å²) in [4.78, 5) is 22.1. The number of carboxylic acids is 1. The molecule has 0 saturated carbocycles. The number of hydrogen-bond acceptors (Lipinski definition) is 5. The zero-order chi connectivity index (χ0) is 18.5. The Hall–Kier alpha value is -3.41. The Kier molecular flexibility index (Phi) is 5.12. The molecule has 0 aliphatic carbocycles. The Morgan fingerprint density at radius 3 is 2.42 bits per heavy atom. The minimum Gasteiger partial charge on any atom is -0.497 e. The maximum atomic E-state index is 11.6. The number of anilines is 1. The molecule has 6 heteroatoms. The van der Waals surface area contributed by atoms with E-state index in [2.05, 4.69) is 9.97 Å². The smallest absolute Gasteiger partial charge is 0.341 e. The monoisotopic (exact) mass is 349 g/mol. The maximum absolute atomic E-state index is 11.6. The van der Waals surface area contributed by atoms with E-state index in [4.69, 9.17) is 4.74 Å². The second kappa shape index (κ2) is 7.65. The lowest BCUT2D eigenvalue weighted by Gasteiger charge is -2.20. The van der Waals surface area contributed by atoms with Gasteiger partial charge in [0.2, 0.25) is 0 Å². The molecule has 132 valence electrons. The largest absolute Gasteiger partial charge is 0.497 e. The van der Waals surface area contributed by atoms with Crippen LogP contribution in [0.3, 0.4) is 0 Å². The lowest BCUT2D eigenvalue weighted by atomic mass is 10.2. The van der Waals surface area contributed by atoms with Gasteiger partial charge in [-0.2, -0.15) is 0 Å². The zero-order valence-electron chi connectivity index (χ0n) is 14.6. The molecule has 0 bridgehead atoms. The molecule has 1 N–H and O–H groups in total. The molecule has 0 aliphatic heterocycles. The SMILES string of the molecule is COc1ccc(-c2ncc(C(=O)O)c(N(C)Cc3ccccc3)n2)cc1. The van der Waals surface area contributed by atoms with Crippen LogP contribution in [-0.4, -0.2) is 35.2 Å². The van der Waals surface area contributed by atoms with Gasteiger partial charge < -0.3 is 14.7 Å². The third-order valence-corrected chi connectivity index (χ3v) is 3.97. The fraction of sp³-hybridized carbons (Fsp3) is 0.150. The second-order valence-electron chi connectivity index (χ2n) is 5.81. The van der Waals surface area contributed by atoms with Crippen molar-refractivity contribution in [2.45, 2.75) is 6.54 Å². The Morgan fingerprint density at radius 1 is 1.12 bits per heavy atom. The fourth-order valence-corrected chi connectivity index (χ4v) is 2.63. The third-order valence-electron chi connectivity index (χ3n) is 3.97. The molecule has 0 aliphatic rings. The summed E-state index contributed by atoms with van der Waals surface area (Å²) in [5.41, 5.74) is 1.92. The summed E-state index contributed by atoms with van der Waals surface area (Å²) < 4.78 is 5.16. The van der Waals surface area contributed by atoms with E-state index >= 15 is 0 Å². The average molecular weight is 349 g/mol. The first-order valence-corrected chi connectivity index (χ1v) is 8.08. The molecular formula is C20H19N3O3. The van der Waals surface area contributed by atoms with Gasteiger partial charge in [-0.05, 0) is 29.8 Å². The summed E-state index contributed by atoms with van der Waals surface area (Å²) in [6, 6.07) is 17.1. The van der Waals surface area contributed by atoms with Crippen LogP contribution in [0.2, 0.25) is 0 Å². The van der Waals surface area contributed by atoms with E-state index in [9.17, 15) is 9.90 Å². The zero-order valence-corrected chi connectivity index (χ0v) is 14.6. The molecule has 3 rings (SSSR count). The molecule has 6 nitrogen and oxygen atoms in total. The molecule has 0 fully saturated rings. The molecular weight excluding hydrogens is 330 g/mol. The average Bonchev–Trinajstić information content (AvgIpc) is 2.68. The van der Waals surface area contributed by atoms with Crippen LogP contribution in [0.4, 0.5) is 5.82 Å². The summed E-state index contributed by atoms with van der Waals surface area (Å²) in [6.07, 6.45) is 1.35. The predicted molar refractivity (Wildman–Crippen MR) is 99.5 cm³/mol. The van der Waals surface area contributed by atoms with Gasteiger partial charge in [0.05, 0.1) is 7.11 Å². The van der Waals surface area contributed by atoms with E-state index in [1.54, 1.807) is 7.11 Å². The number of benzene rings is 2. The van der Waals surface area contributed by atoms with Crippen molar-refractivity contribution in [3.05, 3.63) is 71.9 Å². The van der Waals surface area contributed by atoms with Crippen molar-refractivity contribution in [3.8, 4) is 17.1 Å². The van der Waals surface area contributed by atoms with Crippen LogP contribution >= 0.6 is 0 Å². The van der Waals surface area contributed by atoms with Crippen molar-refractivity contribution >= 4 is 11.8 Å². The molecule has 2 aromatic carbocycles. The molecule has 1 aromatic heterocycles. The fourth-order valence-electron chi connectivity index (χ4n) is 2.63. The summed E-state index contributed by atoms with van der Waals surface area (Å²) in [5.74, 6) is 0.522. The summed E-state index contributed by atoms with van der Waals surface area (Å²) in [6.45, 7) is 0.542. The van der Waals surface area contributed by atoms with Crippen molar-refractivity contribution in [1.82, 2.24) is 9.97 Å². The molecule has 3 aromatic rings. The molecule has 1 heterocycles. The van der Waals surface area contributed by atoms with E-state index in [1.807, 2.05) is 66.5 Å². The second-order valence-corrected chi connectivity index (χ2v) is 5.81. The molecule has 0 unspecified atom stereocenters. The summed E-state index contributed by atoms with van der Waals surface area (Å²) in [7, 11) is 3.42. The van der Waals surface area contributed by atoms with Crippen LogP contribution in [-0.2, 0) is 6.54 Å². The number of methoxy groups -OCH3 is 1. The van der Waals surface area contributed by atoms with Crippen molar-refractivity contribution in [2.24, 2.45) is 0 Å². The third kappa shape index (κ3) is 3.80. The van der Waals surface area contributed by atoms with Gasteiger partial charge in [0.25, 0.3) is 0 Å². The van der Waals surface area contributed by atoms with Crippen LogP contribution in [0.1, 0.15) is 15.9 Å². The van der Waals surface area contributed by atoms with Gasteiger partial charge in [-0.1, -0.05) is 30.3 Å². The molecule has 0 radical (unpaired) electrons. The van der Waals surface area contributed by atoms with E-state index in [0.29, 0.717) is 18.2 Å². The Balaban J connectivity index is 1.96. The number of carbonyl (C=O) groups is 1. The first kappa shape index (κ1) is 17.4. The predicted octanol–water partition coefficient (Wildman–Crippen LogP) is 3.49. The minimum atomic E-state index is -1.05. The van der Waals surface area contributed by atoms with E-state index in [1.165, 1.54) is 6.20 Å². The first-order chi connectivity index (χ1) is 12.6. The highest BCUT2D eigenvalue weighted by atomic mass is 16.5. The number of hydrogen-bond donors (Lipinski definition) is 1. The van der Waals surface area contributed by atoms with Gasteiger partial charge in [-0.25, -0.2) is 14.8 Å². The van der Waals surface area contributed by atoms with Crippen molar-refractivity contribution in [2.75, 3.05) is 19.1 Å². The highest BCUT2D eigenvalue weighted by Crippen LogP contribution is 2.24. The maximum Gasteiger partial charge on any atom is 0.341 e. The van der Waals surface area contributed by atoms with Gasteiger partial charge in [0.15, 0.2) is 5.82 Å². The highest BCUT2D eigenvalue weighted by Gasteiger charge is 2.18. The minimum absolute atomic E-state index is 0.0701. The number of nitrogens with zero attached hydrogens (tertiary/aromatic N) is 3. The van der Waals surface area contributed by atoms with Crippen LogP contribution in [0.15, 0.2) is 60.8 Å². The number of carboxylic acid groups (broad SMARTS) is 1. The van der Waals surface area contributed by atoms with Crippen LogP contribution < -0.4 is 9.64 Å². The van der Waals surface area contributed by atoms with Crippen molar-refractivity contribution in [1.29, 1.82) is 0 Å². The molecule has 0 amide bonds. The summed E-state index contributed by atoms with van der Waals surface area (Å²) >= 11 is 0. The molecule has 0 spiro atoms. The molecule has 26 heavy (non-hydrogen) atoms. The van der Waals surface area contributed by atoms with Gasteiger partial charge in [0.1, 0.15) is 17.1 Å². The summed E-state index contributed by atoms with van der Waals surface area (Å²) in [5, 5.41) is 9.49. The first-order valence-electron chi connectivity index (χ1n) is 8.08. The Labute approximate surface area is 151 Å². The van der Waals surface area contributed by atoms with Crippen LogP contribution in [0.25, 0.3) is 11.4 Å². The highest BCUT2D eigenvalue weighted by molar-refractivity contribution is 5.93. The van der Waals surface area contributed by atoms with E-state index in [0.717, 1.165) is 16.9 Å². The quantitative estimate of drug-likeness (QED) is 0.734. The van der Waals surface area contributed by atoms with Crippen molar-refractivity contribution in [3.63, 3.8) is 0 Å². The normalized spacial score (nSPS) is 10.4. The van der Waals surface area contributed by atoms with Crippen LogP contribution in [0.5, 0.6) is 5.75 Å². The molecule has 0 atom stereocenters. The lowest BCUT2D eigenvalue weighted by molar-refractivity contribution is 0.0696. The van der Waals surface area contributed by atoms with E-state index in [-0.39, 0.29) is 5.56 Å². The van der Waals surface area contributed by atoms with Crippen molar-refractivity contribution < 1.29 is 14.6 Å². The lowest BCUT2D eigenvalue weighted by Crippen LogP contribution is -2.21. The number of rotatable bonds is 6. The Bertz CT molecular complexity index is 896. The topological polar surface area (TPSA) is 75.6 Å². The standard InChI is InChI=1S/C20H19N3O3/c1-23(13-14-6-4-3-5-7-14)19-17(20(24)25)12-21-18(22-19)15-8-10-16(26-2)11-9-15/h3-12H,13H2,1-2H3,(H,24,25).